The molecular weight excluding hydrogens is 508 g/mol. The van der Waals surface area contributed by atoms with Crippen LogP contribution in [0.5, 0.6) is 5.75 Å². The first kappa shape index (κ1) is 25.4. The van der Waals surface area contributed by atoms with Crippen LogP contribution in [-0.2, 0) is 19.4 Å². The van der Waals surface area contributed by atoms with Gasteiger partial charge in [0.05, 0.1) is 23.7 Å². The molecule has 1 aromatic carbocycles. The standard InChI is InChI=1S/C24H26N2O6S3/c1-2-32-18-7-5-17(6-8-18)19-9-10-21(34-19)24(16-22(27)25-29)11-12-26(13-15-35(24,30)31)23(28)20-4-3-14-33-20/h3-10,14,29H,2,11-13,15-16H2,1H3,(H,25,27). The molecule has 2 aromatic heterocycles. The maximum Gasteiger partial charge on any atom is 0.263 e. The van der Waals surface area contributed by atoms with Crippen molar-refractivity contribution >= 4 is 44.3 Å². The highest BCUT2D eigenvalue weighted by atomic mass is 32.2. The van der Waals surface area contributed by atoms with Crippen LogP contribution in [0.15, 0.2) is 53.9 Å². The summed E-state index contributed by atoms with van der Waals surface area (Å²) < 4.78 is 31.3. The Labute approximate surface area is 212 Å². The third kappa shape index (κ3) is 5.13. The molecule has 2 amide bonds. The summed E-state index contributed by atoms with van der Waals surface area (Å²) in [4.78, 5) is 28.7. The number of nitrogens with zero attached hydrogens (tertiary/aromatic N) is 1. The molecule has 1 fully saturated rings. The van der Waals surface area contributed by atoms with Crippen LogP contribution in [0.2, 0.25) is 0 Å². The van der Waals surface area contributed by atoms with Gasteiger partial charge in [-0.25, -0.2) is 13.9 Å². The topological polar surface area (TPSA) is 113 Å². The van der Waals surface area contributed by atoms with E-state index >= 15 is 0 Å². The largest absolute Gasteiger partial charge is 0.494 e. The fourth-order valence-corrected chi connectivity index (χ4v) is 8.55. The fourth-order valence-electron chi connectivity index (χ4n) is 4.25. The van der Waals surface area contributed by atoms with Gasteiger partial charge in [-0.15, -0.1) is 22.7 Å². The van der Waals surface area contributed by atoms with Crippen LogP contribution in [0.4, 0.5) is 0 Å². The molecule has 1 unspecified atom stereocenters. The molecule has 3 heterocycles. The molecule has 0 aliphatic carbocycles. The normalized spacial score (nSPS) is 19.7. The molecule has 4 rings (SSSR count). The van der Waals surface area contributed by atoms with Crippen LogP contribution >= 0.6 is 22.7 Å². The Balaban J connectivity index is 1.70. The second kappa shape index (κ2) is 10.5. The molecule has 8 nitrogen and oxygen atoms in total. The van der Waals surface area contributed by atoms with Gasteiger partial charge in [-0.3, -0.25) is 14.8 Å². The average molecular weight is 535 g/mol. The zero-order valence-corrected chi connectivity index (χ0v) is 21.5. The number of nitrogens with one attached hydrogen (secondary N) is 1. The van der Waals surface area contributed by atoms with Gasteiger partial charge in [-0.1, -0.05) is 6.07 Å². The summed E-state index contributed by atoms with van der Waals surface area (Å²) in [7, 11) is -3.87. The third-order valence-electron chi connectivity index (χ3n) is 6.11. The highest BCUT2D eigenvalue weighted by Gasteiger charge is 2.50. The molecule has 0 radical (unpaired) electrons. The van der Waals surface area contributed by atoms with Crippen molar-refractivity contribution in [3.05, 3.63) is 63.7 Å². The van der Waals surface area contributed by atoms with Gasteiger partial charge in [0.25, 0.3) is 5.91 Å². The summed E-state index contributed by atoms with van der Waals surface area (Å²) >= 11 is 2.60. The number of hydrogen-bond donors (Lipinski definition) is 2. The molecule has 11 heteroatoms. The van der Waals surface area contributed by atoms with Gasteiger partial charge >= 0.3 is 0 Å². The van der Waals surface area contributed by atoms with E-state index in [0.717, 1.165) is 16.2 Å². The number of ether oxygens (including phenoxy) is 1. The van der Waals surface area contributed by atoms with Crippen molar-refractivity contribution in [2.45, 2.75) is 24.5 Å². The van der Waals surface area contributed by atoms with Crippen molar-refractivity contribution in [1.82, 2.24) is 10.4 Å². The first-order chi connectivity index (χ1) is 16.8. The molecule has 3 aromatic rings. The third-order valence-corrected chi connectivity index (χ3v) is 10.9. The van der Waals surface area contributed by atoms with Crippen LogP contribution in [0.3, 0.4) is 0 Å². The zero-order valence-electron chi connectivity index (χ0n) is 19.1. The first-order valence-electron chi connectivity index (χ1n) is 11.1. The highest BCUT2D eigenvalue weighted by molar-refractivity contribution is 7.92. The predicted octanol–water partition coefficient (Wildman–Crippen LogP) is 3.93. The minimum atomic E-state index is -3.87. The lowest BCUT2D eigenvalue weighted by molar-refractivity contribution is -0.129. The van der Waals surface area contributed by atoms with E-state index in [2.05, 4.69) is 0 Å². The number of carbonyl (C=O) groups excluding carboxylic acids is 2. The number of rotatable bonds is 7. The van der Waals surface area contributed by atoms with E-state index in [1.165, 1.54) is 27.6 Å². The highest BCUT2D eigenvalue weighted by Crippen LogP contribution is 2.45. The van der Waals surface area contributed by atoms with E-state index < -0.39 is 26.9 Å². The lowest BCUT2D eigenvalue weighted by Crippen LogP contribution is -2.41. The van der Waals surface area contributed by atoms with Crippen LogP contribution in [0, 0.1) is 0 Å². The van der Waals surface area contributed by atoms with E-state index in [1.54, 1.807) is 29.1 Å². The molecule has 0 spiro atoms. The summed E-state index contributed by atoms with van der Waals surface area (Å²) in [6.45, 7) is 2.68. The lowest BCUT2D eigenvalue weighted by Gasteiger charge is -2.30. The molecule has 1 saturated heterocycles. The Bertz CT molecular complexity index is 1290. The summed E-state index contributed by atoms with van der Waals surface area (Å²) in [5.41, 5.74) is 2.48. The number of thiophene rings is 2. The van der Waals surface area contributed by atoms with Crippen molar-refractivity contribution in [1.29, 1.82) is 0 Å². The van der Waals surface area contributed by atoms with Crippen molar-refractivity contribution < 1.29 is 28.0 Å². The Morgan fingerprint density at radius 3 is 2.57 bits per heavy atom. The second-order valence-electron chi connectivity index (χ2n) is 8.17. The molecule has 0 bridgehead atoms. The molecule has 35 heavy (non-hydrogen) atoms. The smallest absolute Gasteiger partial charge is 0.263 e. The fraction of sp³-hybridized carbons (Fsp3) is 0.333. The molecule has 2 N–H and O–H groups in total. The van der Waals surface area contributed by atoms with Gasteiger partial charge in [0, 0.05) is 22.8 Å². The predicted molar refractivity (Wildman–Crippen MR) is 136 cm³/mol. The Hall–Kier alpha value is -2.73. The number of carbonyl (C=O) groups is 2. The van der Waals surface area contributed by atoms with Crippen molar-refractivity contribution in [2.24, 2.45) is 0 Å². The van der Waals surface area contributed by atoms with Crippen LogP contribution < -0.4 is 10.2 Å². The Kier molecular flexibility index (Phi) is 7.60. The maximum absolute atomic E-state index is 13.7. The molecule has 186 valence electrons. The van der Waals surface area contributed by atoms with Gasteiger partial charge in [-0.05, 0) is 66.8 Å². The zero-order chi connectivity index (χ0) is 25.1. The van der Waals surface area contributed by atoms with Crippen molar-refractivity contribution in [3.63, 3.8) is 0 Å². The van der Waals surface area contributed by atoms with Crippen LogP contribution in [0.1, 0.15) is 34.3 Å². The van der Waals surface area contributed by atoms with Gasteiger partial charge in [0.15, 0.2) is 9.84 Å². The van der Waals surface area contributed by atoms with E-state index in [1.807, 2.05) is 37.3 Å². The van der Waals surface area contributed by atoms with Crippen molar-refractivity contribution in [3.8, 4) is 16.2 Å². The summed E-state index contributed by atoms with van der Waals surface area (Å²) in [5.74, 6) is -0.550. The number of sulfone groups is 1. The molecule has 1 aliphatic heterocycles. The summed E-state index contributed by atoms with van der Waals surface area (Å²) in [6, 6.07) is 14.6. The van der Waals surface area contributed by atoms with E-state index in [0.29, 0.717) is 16.4 Å². The number of hydroxylamine groups is 1. The number of benzene rings is 1. The SMILES string of the molecule is CCOc1ccc(-c2ccc(C3(CC(=O)NO)CCN(C(=O)c4cccs4)CCS3(=O)=O)s2)cc1. The number of amides is 2. The summed E-state index contributed by atoms with van der Waals surface area (Å²) in [6.07, 6.45) is -0.390. The quantitative estimate of drug-likeness (QED) is 0.351. The molecule has 0 saturated carbocycles. The summed E-state index contributed by atoms with van der Waals surface area (Å²) in [5, 5.41) is 11.0. The van der Waals surface area contributed by atoms with Crippen LogP contribution in [0.25, 0.3) is 10.4 Å². The maximum atomic E-state index is 13.7. The Morgan fingerprint density at radius 1 is 1.14 bits per heavy atom. The second-order valence-corrected chi connectivity index (χ2v) is 12.6. The lowest BCUT2D eigenvalue weighted by atomic mass is 9.97. The van der Waals surface area contributed by atoms with Gasteiger partial charge in [0.1, 0.15) is 10.5 Å². The average Bonchev–Trinajstić information content (AvgIpc) is 3.54. The van der Waals surface area contributed by atoms with Crippen molar-refractivity contribution in [2.75, 3.05) is 25.4 Å². The Morgan fingerprint density at radius 2 is 1.91 bits per heavy atom. The first-order valence-corrected chi connectivity index (χ1v) is 14.5. The molecule has 1 atom stereocenters. The minimum Gasteiger partial charge on any atom is -0.494 e. The van der Waals surface area contributed by atoms with E-state index in [4.69, 9.17) is 4.74 Å². The van der Waals surface area contributed by atoms with Gasteiger partial charge < -0.3 is 9.64 Å². The van der Waals surface area contributed by atoms with Crippen LogP contribution in [-0.4, -0.2) is 55.8 Å². The van der Waals surface area contributed by atoms with Gasteiger partial charge in [-0.2, -0.15) is 0 Å². The number of hydrogen-bond acceptors (Lipinski definition) is 8. The van der Waals surface area contributed by atoms with E-state index in [9.17, 15) is 23.2 Å². The monoisotopic (exact) mass is 534 g/mol. The minimum absolute atomic E-state index is 0.0404. The van der Waals surface area contributed by atoms with E-state index in [-0.39, 0.29) is 31.2 Å². The molecular formula is C24H26N2O6S3. The molecule has 1 aliphatic rings. The van der Waals surface area contributed by atoms with Gasteiger partial charge in [0.2, 0.25) is 5.91 Å².